The van der Waals surface area contributed by atoms with E-state index in [0.717, 1.165) is 6.07 Å². The molecule has 0 unspecified atom stereocenters. The third kappa shape index (κ3) is 1.13. The summed E-state index contributed by atoms with van der Waals surface area (Å²) in [5, 5.41) is 10.4. The first-order valence-electron chi connectivity index (χ1n) is 2.33. The molecule has 0 spiro atoms. The van der Waals surface area contributed by atoms with Crippen molar-refractivity contribution in [1.29, 1.82) is 0 Å². The Balaban J connectivity index is 3.25. The Morgan fingerprint density at radius 1 is 1.44 bits per heavy atom. The number of halogens is 2. The lowest BCUT2D eigenvalue weighted by Gasteiger charge is -2.06. The van der Waals surface area contributed by atoms with Crippen LogP contribution in [0.15, 0.2) is 18.2 Å². The Kier molecular flexibility index (Phi) is 1.58. The van der Waals surface area contributed by atoms with Gasteiger partial charge in [-0.05, 0) is 12.1 Å². The number of para-hydroxylation sites is 1. The molecule has 0 aromatic heterocycles. The fourth-order valence-electron chi connectivity index (χ4n) is 0.483. The number of rotatable bonds is 0. The van der Waals surface area contributed by atoms with Gasteiger partial charge in [-0.3, -0.25) is 0 Å². The summed E-state index contributed by atoms with van der Waals surface area (Å²) in [4.78, 5) is 0. The summed E-state index contributed by atoms with van der Waals surface area (Å²) in [6.45, 7) is 0. The molecule has 0 bridgehead atoms. The van der Waals surface area contributed by atoms with E-state index in [-0.39, 0.29) is 5.02 Å². The highest BCUT2D eigenvalue weighted by molar-refractivity contribution is 6.31. The predicted octanol–water partition coefficient (Wildman–Crippen LogP) is 1.55. The first-order valence-corrected chi connectivity index (χ1v) is 2.70. The maximum atomic E-state index is 12.2. The van der Waals surface area contributed by atoms with Crippen molar-refractivity contribution in [3.05, 3.63) is 29.0 Å². The van der Waals surface area contributed by atoms with Gasteiger partial charge in [-0.25, -0.2) is 4.39 Å². The molecule has 0 N–H and O–H groups in total. The van der Waals surface area contributed by atoms with Gasteiger partial charge in [0.15, 0.2) is 0 Å². The van der Waals surface area contributed by atoms with Crippen LogP contribution in [0, 0.1) is 5.82 Å². The van der Waals surface area contributed by atoms with Crippen molar-refractivity contribution in [3.8, 4) is 5.75 Å². The standard InChI is InChI=1S/C6H4ClFO/c7-4-2-1-3-5(8)6(4)9/h1-3,9H/p-1. The molecule has 0 atom stereocenters. The van der Waals surface area contributed by atoms with Gasteiger partial charge in [-0.15, -0.1) is 0 Å². The summed E-state index contributed by atoms with van der Waals surface area (Å²) in [6, 6.07) is 3.82. The van der Waals surface area contributed by atoms with E-state index >= 15 is 0 Å². The van der Waals surface area contributed by atoms with Gasteiger partial charge in [0.2, 0.25) is 0 Å². The Labute approximate surface area is 56.7 Å². The monoisotopic (exact) mass is 145 g/mol. The topological polar surface area (TPSA) is 23.1 Å². The van der Waals surface area contributed by atoms with Gasteiger partial charge >= 0.3 is 0 Å². The zero-order valence-corrected chi connectivity index (χ0v) is 5.15. The lowest BCUT2D eigenvalue weighted by Crippen LogP contribution is -1.93. The van der Waals surface area contributed by atoms with Crippen LogP contribution in [0.4, 0.5) is 4.39 Å². The average Bonchev–Trinajstić information content (AvgIpc) is 1.83. The minimum absolute atomic E-state index is 0.0741. The van der Waals surface area contributed by atoms with Crippen molar-refractivity contribution >= 4 is 11.6 Å². The van der Waals surface area contributed by atoms with Gasteiger partial charge in [0.1, 0.15) is 5.82 Å². The molecule has 1 nitrogen and oxygen atoms in total. The van der Waals surface area contributed by atoms with Crippen LogP contribution in [-0.2, 0) is 0 Å². The van der Waals surface area contributed by atoms with Crippen LogP contribution in [0.25, 0.3) is 0 Å². The number of hydrogen-bond donors (Lipinski definition) is 0. The second kappa shape index (κ2) is 2.23. The molecule has 48 valence electrons. The van der Waals surface area contributed by atoms with E-state index in [9.17, 15) is 9.50 Å². The van der Waals surface area contributed by atoms with E-state index in [1.165, 1.54) is 12.1 Å². The average molecular weight is 146 g/mol. The van der Waals surface area contributed by atoms with E-state index in [4.69, 9.17) is 11.6 Å². The molecule has 9 heavy (non-hydrogen) atoms. The third-order valence-electron chi connectivity index (χ3n) is 0.919. The van der Waals surface area contributed by atoms with Gasteiger partial charge < -0.3 is 5.11 Å². The Bertz CT molecular complexity index is 204. The Hall–Kier alpha value is -0.760. The SMILES string of the molecule is [O-]c1c(F)cccc1Cl. The molecule has 1 rings (SSSR count). The van der Waals surface area contributed by atoms with Crippen molar-refractivity contribution in [2.75, 3.05) is 0 Å². The summed E-state index contributed by atoms with van der Waals surface area (Å²) >= 11 is 5.26. The van der Waals surface area contributed by atoms with E-state index in [2.05, 4.69) is 0 Å². The highest BCUT2D eigenvalue weighted by atomic mass is 35.5. The van der Waals surface area contributed by atoms with Crippen LogP contribution in [0.2, 0.25) is 5.02 Å². The fourth-order valence-corrected chi connectivity index (χ4v) is 0.646. The molecule has 0 radical (unpaired) electrons. The van der Waals surface area contributed by atoms with Crippen LogP contribution in [0.5, 0.6) is 5.75 Å². The van der Waals surface area contributed by atoms with Crippen LogP contribution < -0.4 is 5.11 Å². The van der Waals surface area contributed by atoms with Crippen molar-refractivity contribution < 1.29 is 9.50 Å². The maximum Gasteiger partial charge on any atom is 0.116 e. The lowest BCUT2D eigenvalue weighted by atomic mass is 10.3. The van der Waals surface area contributed by atoms with Crippen molar-refractivity contribution in [3.63, 3.8) is 0 Å². The molecular weight excluding hydrogens is 143 g/mol. The molecule has 0 aliphatic rings. The molecular formula is C6H3ClFO-. The molecule has 0 aliphatic carbocycles. The zero-order valence-electron chi connectivity index (χ0n) is 4.40. The highest BCUT2D eigenvalue weighted by Gasteiger charge is 1.92. The first kappa shape index (κ1) is 6.36. The van der Waals surface area contributed by atoms with E-state index in [1.54, 1.807) is 0 Å². The van der Waals surface area contributed by atoms with E-state index < -0.39 is 11.6 Å². The predicted molar refractivity (Wildman–Crippen MR) is 30.9 cm³/mol. The normalized spacial score (nSPS) is 9.56. The summed E-state index contributed by atoms with van der Waals surface area (Å²) in [7, 11) is 0. The molecule has 0 heterocycles. The third-order valence-corrected chi connectivity index (χ3v) is 1.22. The fraction of sp³-hybridized carbons (Fsp3) is 0. The largest absolute Gasteiger partial charge is 0.869 e. The molecule has 0 amide bonds. The first-order chi connectivity index (χ1) is 4.22. The lowest BCUT2D eigenvalue weighted by molar-refractivity contribution is -0.272. The summed E-state index contributed by atoms with van der Waals surface area (Å²) < 4.78 is 12.2. The Morgan fingerprint density at radius 2 is 2.11 bits per heavy atom. The van der Waals surface area contributed by atoms with Crippen molar-refractivity contribution in [1.82, 2.24) is 0 Å². The highest BCUT2D eigenvalue weighted by Crippen LogP contribution is 2.21. The minimum Gasteiger partial charge on any atom is -0.869 e. The van der Waals surface area contributed by atoms with Crippen LogP contribution >= 0.6 is 11.6 Å². The molecule has 0 saturated carbocycles. The van der Waals surface area contributed by atoms with E-state index in [0.29, 0.717) is 0 Å². The zero-order chi connectivity index (χ0) is 6.85. The van der Waals surface area contributed by atoms with Gasteiger partial charge in [0, 0.05) is 5.02 Å². The van der Waals surface area contributed by atoms with Gasteiger partial charge in [-0.2, -0.15) is 0 Å². The van der Waals surface area contributed by atoms with Gasteiger partial charge in [0.25, 0.3) is 0 Å². The molecule has 0 fully saturated rings. The van der Waals surface area contributed by atoms with Crippen LogP contribution in [-0.4, -0.2) is 0 Å². The van der Waals surface area contributed by atoms with Crippen molar-refractivity contribution in [2.24, 2.45) is 0 Å². The van der Waals surface area contributed by atoms with Gasteiger partial charge in [-0.1, -0.05) is 23.4 Å². The van der Waals surface area contributed by atoms with Gasteiger partial charge in [0.05, 0.1) is 0 Å². The number of benzene rings is 1. The smallest absolute Gasteiger partial charge is 0.116 e. The molecule has 0 aliphatic heterocycles. The van der Waals surface area contributed by atoms with Crippen LogP contribution in [0.1, 0.15) is 0 Å². The second-order valence-electron chi connectivity index (χ2n) is 1.55. The second-order valence-corrected chi connectivity index (χ2v) is 1.96. The summed E-state index contributed by atoms with van der Waals surface area (Å²) in [5.74, 6) is -1.54. The summed E-state index contributed by atoms with van der Waals surface area (Å²) in [6.07, 6.45) is 0. The molecule has 0 saturated heterocycles. The van der Waals surface area contributed by atoms with Crippen LogP contribution in [0.3, 0.4) is 0 Å². The molecule has 1 aromatic carbocycles. The number of hydrogen-bond acceptors (Lipinski definition) is 1. The quantitative estimate of drug-likeness (QED) is 0.543. The maximum absolute atomic E-state index is 12.2. The molecule has 3 heteroatoms. The summed E-state index contributed by atoms with van der Waals surface area (Å²) in [5.41, 5.74) is 0. The minimum atomic E-state index is -0.803. The van der Waals surface area contributed by atoms with Crippen molar-refractivity contribution in [2.45, 2.75) is 0 Å². The van der Waals surface area contributed by atoms with E-state index in [1.807, 2.05) is 0 Å². The molecule has 1 aromatic rings. The Morgan fingerprint density at radius 3 is 2.56 bits per heavy atom.